The third kappa shape index (κ3) is 9.53. The number of carbonyl (C=O) groups is 1. The molecule has 0 aromatic heterocycles. The van der Waals surface area contributed by atoms with E-state index in [1.54, 1.807) is 18.7 Å². The molecule has 7 rings (SSSR count). The first-order valence-corrected chi connectivity index (χ1v) is 28.3. The topological polar surface area (TPSA) is 48.0 Å². The summed E-state index contributed by atoms with van der Waals surface area (Å²) in [5.41, 5.74) is 3.82. The Labute approximate surface area is 400 Å². The zero-order valence-corrected chi connectivity index (χ0v) is 43.9. The SMILES string of the molecule is C=C1/C(=C/C=C2\CCC[C@]3(C)[C@@H](C(C)(C)/C=C/C(=O)N(C)OC)CC[C@@H]23)C[C@@H](O[Si](c2ccccc2)(c2ccccc2)C(C)(C)C)C[C@@H]1O[Si](c1ccccc1)(c1ccccc1)C(C)(C)C. The van der Waals surface area contributed by atoms with Gasteiger partial charge in [-0.2, -0.15) is 0 Å². The van der Waals surface area contributed by atoms with Crippen molar-refractivity contribution in [1.82, 2.24) is 5.06 Å². The molecule has 4 aromatic carbocycles. The van der Waals surface area contributed by atoms with E-state index in [1.165, 1.54) is 44.9 Å². The highest BCUT2D eigenvalue weighted by Gasteiger charge is 2.56. The van der Waals surface area contributed by atoms with E-state index in [-0.39, 0.29) is 39.0 Å². The lowest BCUT2D eigenvalue weighted by Crippen LogP contribution is -2.69. The summed E-state index contributed by atoms with van der Waals surface area (Å²) in [6.07, 6.45) is 15.6. The van der Waals surface area contributed by atoms with Crippen LogP contribution in [-0.2, 0) is 18.5 Å². The van der Waals surface area contributed by atoms with Gasteiger partial charge in [-0.1, -0.05) is 214 Å². The van der Waals surface area contributed by atoms with Crippen molar-refractivity contribution < 1.29 is 18.5 Å². The van der Waals surface area contributed by atoms with Crippen LogP contribution in [0.4, 0.5) is 0 Å². The molecule has 3 aliphatic carbocycles. The maximum Gasteiger partial charge on any atom is 0.269 e. The van der Waals surface area contributed by atoms with Gasteiger partial charge < -0.3 is 8.85 Å². The third-order valence-electron chi connectivity index (χ3n) is 15.8. The molecule has 7 heteroatoms. The Morgan fingerprint density at radius 1 is 0.712 bits per heavy atom. The predicted octanol–water partition coefficient (Wildman–Crippen LogP) is 11.9. The fourth-order valence-electron chi connectivity index (χ4n) is 12.5. The van der Waals surface area contributed by atoms with Crippen LogP contribution in [0.2, 0.25) is 10.1 Å². The van der Waals surface area contributed by atoms with Gasteiger partial charge in [0.15, 0.2) is 0 Å². The number of nitrogens with zero attached hydrogens (tertiary/aromatic N) is 1. The molecule has 350 valence electrons. The minimum Gasteiger partial charge on any atom is -0.404 e. The van der Waals surface area contributed by atoms with Gasteiger partial charge in [-0.05, 0) is 103 Å². The Kier molecular flexibility index (Phi) is 14.8. The van der Waals surface area contributed by atoms with Crippen molar-refractivity contribution in [2.75, 3.05) is 14.2 Å². The summed E-state index contributed by atoms with van der Waals surface area (Å²) in [4.78, 5) is 18.0. The van der Waals surface area contributed by atoms with Crippen LogP contribution in [0.3, 0.4) is 0 Å². The molecule has 0 spiro atoms. The van der Waals surface area contributed by atoms with E-state index in [2.05, 4.69) is 202 Å². The first kappa shape index (κ1) is 49.5. The summed E-state index contributed by atoms with van der Waals surface area (Å²) >= 11 is 0. The molecule has 1 amide bonds. The van der Waals surface area contributed by atoms with Gasteiger partial charge in [0.1, 0.15) is 0 Å². The highest BCUT2D eigenvalue weighted by molar-refractivity contribution is 7.00. The monoisotopic (exact) mass is 920 g/mol. The molecule has 0 heterocycles. The Balaban J connectivity index is 1.33. The normalized spacial score (nSPS) is 24.5. The molecule has 0 radical (unpaired) electrons. The summed E-state index contributed by atoms with van der Waals surface area (Å²) in [5.74, 6) is 0.785. The average Bonchev–Trinajstić information content (AvgIpc) is 3.68. The lowest BCUT2D eigenvalue weighted by Gasteiger charge is -2.49. The van der Waals surface area contributed by atoms with E-state index in [9.17, 15) is 4.79 Å². The summed E-state index contributed by atoms with van der Waals surface area (Å²) in [6.45, 7) is 26.3. The van der Waals surface area contributed by atoms with E-state index < -0.39 is 16.6 Å². The van der Waals surface area contributed by atoms with Gasteiger partial charge in [-0.3, -0.25) is 9.63 Å². The van der Waals surface area contributed by atoms with Crippen LogP contribution in [0.1, 0.15) is 107 Å². The van der Waals surface area contributed by atoms with Crippen LogP contribution in [0.25, 0.3) is 0 Å². The molecule has 0 unspecified atom stereocenters. The number of hydrogen-bond acceptors (Lipinski definition) is 4. The maximum absolute atomic E-state index is 12.8. The fourth-order valence-corrected chi connectivity index (χ4v) is 21.9. The third-order valence-corrected chi connectivity index (χ3v) is 26.0. The van der Waals surface area contributed by atoms with Crippen LogP contribution < -0.4 is 20.7 Å². The van der Waals surface area contributed by atoms with E-state index in [0.717, 1.165) is 44.1 Å². The van der Waals surface area contributed by atoms with Crippen LogP contribution in [0.5, 0.6) is 0 Å². The second-order valence-corrected chi connectivity index (χ2v) is 30.8. The Bertz CT molecular complexity index is 2300. The minimum atomic E-state index is -2.98. The Hall–Kier alpha value is -4.38. The van der Waals surface area contributed by atoms with Crippen molar-refractivity contribution in [3.05, 3.63) is 169 Å². The highest BCUT2D eigenvalue weighted by atomic mass is 28.4. The van der Waals surface area contributed by atoms with Crippen molar-refractivity contribution in [1.29, 1.82) is 0 Å². The zero-order valence-electron chi connectivity index (χ0n) is 41.9. The number of allylic oxidation sites excluding steroid dienone is 4. The number of hydroxylamine groups is 2. The molecule has 66 heavy (non-hydrogen) atoms. The molecule has 0 bridgehead atoms. The molecule has 0 aliphatic heterocycles. The fraction of sp³-hybridized carbons (Fsp3) is 0.441. The molecule has 0 saturated heterocycles. The number of benzene rings is 4. The summed E-state index contributed by atoms with van der Waals surface area (Å²) in [5, 5.41) is 6.02. The lowest BCUT2D eigenvalue weighted by molar-refractivity contribution is -0.162. The van der Waals surface area contributed by atoms with Crippen molar-refractivity contribution in [2.45, 2.75) is 130 Å². The number of rotatable bonds is 13. The van der Waals surface area contributed by atoms with E-state index in [0.29, 0.717) is 11.8 Å². The quantitative estimate of drug-likeness (QED) is 0.0762. The summed E-state index contributed by atoms with van der Waals surface area (Å²) in [7, 11) is -2.71. The smallest absolute Gasteiger partial charge is 0.269 e. The van der Waals surface area contributed by atoms with Crippen molar-refractivity contribution in [3.8, 4) is 0 Å². The summed E-state index contributed by atoms with van der Waals surface area (Å²) in [6, 6.07) is 44.2. The van der Waals surface area contributed by atoms with Crippen LogP contribution in [0.15, 0.2) is 169 Å². The van der Waals surface area contributed by atoms with Gasteiger partial charge in [0.2, 0.25) is 0 Å². The molecule has 3 aliphatic rings. The molecule has 0 N–H and O–H groups in total. The largest absolute Gasteiger partial charge is 0.404 e. The van der Waals surface area contributed by atoms with Crippen molar-refractivity contribution in [2.24, 2.45) is 22.7 Å². The number of amides is 1. The number of fused-ring (bicyclic) bond motifs is 1. The second-order valence-electron chi connectivity index (χ2n) is 22.3. The predicted molar refractivity (Wildman–Crippen MR) is 280 cm³/mol. The average molecular weight is 920 g/mol. The Morgan fingerprint density at radius 2 is 1.18 bits per heavy atom. The van der Waals surface area contributed by atoms with Crippen molar-refractivity contribution >= 4 is 43.3 Å². The molecule has 4 aromatic rings. The molecular formula is C59H77NO4Si2. The van der Waals surface area contributed by atoms with Crippen LogP contribution >= 0.6 is 0 Å². The number of carbonyl (C=O) groups excluding carboxylic acids is 1. The lowest BCUT2D eigenvalue weighted by atomic mass is 9.57. The van der Waals surface area contributed by atoms with Gasteiger partial charge in [0.05, 0.1) is 19.3 Å². The van der Waals surface area contributed by atoms with Crippen molar-refractivity contribution in [3.63, 3.8) is 0 Å². The maximum atomic E-state index is 12.8. The number of hydrogen-bond donors (Lipinski definition) is 0. The van der Waals surface area contributed by atoms with Crippen LogP contribution in [-0.4, -0.2) is 54.0 Å². The molecule has 3 saturated carbocycles. The highest BCUT2D eigenvalue weighted by Crippen LogP contribution is 2.62. The molecular weight excluding hydrogens is 843 g/mol. The van der Waals surface area contributed by atoms with Gasteiger partial charge in [0.25, 0.3) is 22.5 Å². The van der Waals surface area contributed by atoms with Crippen LogP contribution in [0, 0.1) is 22.7 Å². The van der Waals surface area contributed by atoms with E-state index in [4.69, 9.17) is 20.3 Å². The van der Waals surface area contributed by atoms with E-state index >= 15 is 0 Å². The molecule has 3 fully saturated rings. The van der Waals surface area contributed by atoms with Gasteiger partial charge in [-0.15, -0.1) is 0 Å². The first-order chi connectivity index (χ1) is 31.3. The summed E-state index contributed by atoms with van der Waals surface area (Å²) < 4.78 is 16.1. The van der Waals surface area contributed by atoms with Gasteiger partial charge >= 0.3 is 0 Å². The van der Waals surface area contributed by atoms with Gasteiger partial charge in [0, 0.05) is 19.5 Å². The Morgan fingerprint density at radius 3 is 1.64 bits per heavy atom. The minimum absolute atomic E-state index is 0.116. The van der Waals surface area contributed by atoms with E-state index in [1.807, 2.05) is 0 Å². The number of likely N-dealkylation sites (N-methyl/N-ethyl adjacent to an activating group) is 1. The standard InChI is InChI=1S/C59H77NO4Si2/c1-44-46(36-35-45-26-25-40-59(10)52(45)37-38-54(59)58(8,9)41-39-55(61)60(11)62-12)42-47(63-65(56(2,3)4,48-27-17-13-18-28-48)49-29-19-14-20-30-49)43-53(44)64-66(57(5,6)7,50-31-21-15-22-32-50)51-33-23-16-24-34-51/h13-24,27-36,39,41,47,52-54H,1,25-26,37-38,40,42-43H2,2-12H3/b41-39+,45-35+,46-36+/t47-,52+,53+,54-,59+/m1/s1. The second kappa shape index (κ2) is 19.7. The van der Waals surface area contributed by atoms with Gasteiger partial charge in [-0.25, -0.2) is 5.06 Å². The zero-order chi connectivity index (χ0) is 47.5. The first-order valence-electron chi connectivity index (χ1n) is 24.5. The molecule has 5 atom stereocenters. The molecule has 5 nitrogen and oxygen atoms in total.